The lowest BCUT2D eigenvalue weighted by atomic mass is 10.1. The molecule has 0 saturated heterocycles. The third-order valence-electron chi connectivity index (χ3n) is 3.02. The predicted octanol–water partition coefficient (Wildman–Crippen LogP) is 3.88. The minimum Gasteiger partial charge on any atom is -0.497 e. The molecule has 0 N–H and O–H groups in total. The lowest BCUT2D eigenvalue weighted by Crippen LogP contribution is -1.91. The van der Waals surface area contributed by atoms with E-state index in [1.54, 1.807) is 21.3 Å². The van der Waals surface area contributed by atoms with Crippen molar-refractivity contribution in [2.24, 2.45) is 0 Å². The van der Waals surface area contributed by atoms with E-state index in [-0.39, 0.29) is 0 Å². The number of ether oxygens (including phenoxy) is 3. The van der Waals surface area contributed by atoms with Crippen LogP contribution in [0.15, 0.2) is 42.5 Å². The number of hydrogen-bond donors (Lipinski definition) is 0. The molecule has 0 heterocycles. The maximum atomic E-state index is 5.36. The SMILES string of the molecule is COc1ccc(/C=C/c2c(OC)cccc2OC)cc1. The Morgan fingerprint density at radius 2 is 1.30 bits per heavy atom. The molecule has 0 aliphatic rings. The molecule has 0 fully saturated rings. The van der Waals surface area contributed by atoms with Crippen LogP contribution in [0, 0.1) is 0 Å². The van der Waals surface area contributed by atoms with Crippen LogP contribution in [0.1, 0.15) is 11.1 Å². The van der Waals surface area contributed by atoms with Gasteiger partial charge in [0.2, 0.25) is 0 Å². The highest BCUT2D eigenvalue weighted by atomic mass is 16.5. The molecule has 104 valence electrons. The van der Waals surface area contributed by atoms with E-state index in [0.717, 1.165) is 28.4 Å². The van der Waals surface area contributed by atoms with Gasteiger partial charge in [-0.1, -0.05) is 24.3 Å². The Bertz CT molecular complexity index is 563. The van der Waals surface area contributed by atoms with E-state index >= 15 is 0 Å². The second-order valence-corrected chi connectivity index (χ2v) is 4.18. The van der Waals surface area contributed by atoms with Crippen LogP contribution < -0.4 is 14.2 Å². The molecule has 3 nitrogen and oxygen atoms in total. The Labute approximate surface area is 119 Å². The van der Waals surface area contributed by atoms with Gasteiger partial charge in [0.05, 0.1) is 26.9 Å². The summed E-state index contributed by atoms with van der Waals surface area (Å²) in [6.07, 6.45) is 4.00. The molecule has 2 rings (SSSR count). The lowest BCUT2D eigenvalue weighted by molar-refractivity contribution is 0.392. The summed E-state index contributed by atoms with van der Waals surface area (Å²) in [7, 11) is 4.96. The van der Waals surface area contributed by atoms with Crippen molar-refractivity contribution >= 4 is 12.2 Å². The largest absolute Gasteiger partial charge is 0.497 e. The average molecular weight is 270 g/mol. The number of hydrogen-bond acceptors (Lipinski definition) is 3. The molecule has 0 bridgehead atoms. The molecular formula is C17H18O3. The fraction of sp³-hybridized carbons (Fsp3) is 0.176. The highest BCUT2D eigenvalue weighted by molar-refractivity contribution is 5.76. The summed E-state index contributed by atoms with van der Waals surface area (Å²) >= 11 is 0. The quantitative estimate of drug-likeness (QED) is 0.772. The summed E-state index contributed by atoms with van der Waals surface area (Å²) in [5.74, 6) is 2.42. The third kappa shape index (κ3) is 3.12. The third-order valence-corrected chi connectivity index (χ3v) is 3.02. The Hall–Kier alpha value is -2.42. The second kappa shape index (κ2) is 6.66. The molecule has 0 spiro atoms. The van der Waals surface area contributed by atoms with Crippen LogP contribution in [0.4, 0.5) is 0 Å². The zero-order valence-corrected chi connectivity index (χ0v) is 11.9. The van der Waals surface area contributed by atoms with E-state index in [2.05, 4.69) is 0 Å². The van der Waals surface area contributed by atoms with Gasteiger partial charge in [0, 0.05) is 0 Å². The molecule has 0 radical (unpaired) electrons. The molecule has 0 aliphatic carbocycles. The van der Waals surface area contributed by atoms with Crippen molar-refractivity contribution in [2.75, 3.05) is 21.3 Å². The number of methoxy groups -OCH3 is 3. The van der Waals surface area contributed by atoms with Crippen molar-refractivity contribution in [2.45, 2.75) is 0 Å². The fourth-order valence-corrected chi connectivity index (χ4v) is 1.94. The Morgan fingerprint density at radius 1 is 0.700 bits per heavy atom. The van der Waals surface area contributed by atoms with Crippen LogP contribution in [-0.4, -0.2) is 21.3 Å². The molecule has 0 atom stereocenters. The van der Waals surface area contributed by atoms with Crippen LogP contribution in [0.2, 0.25) is 0 Å². The monoisotopic (exact) mass is 270 g/mol. The standard InChI is InChI=1S/C17H18O3/c1-18-14-10-7-13(8-11-14)9-12-15-16(19-2)5-4-6-17(15)20-3/h4-12H,1-3H3/b12-9+. The van der Waals surface area contributed by atoms with Gasteiger partial charge in [0.15, 0.2) is 0 Å². The van der Waals surface area contributed by atoms with Gasteiger partial charge < -0.3 is 14.2 Å². The molecule has 2 aromatic carbocycles. The lowest BCUT2D eigenvalue weighted by Gasteiger charge is -2.09. The van der Waals surface area contributed by atoms with Crippen molar-refractivity contribution in [1.82, 2.24) is 0 Å². The summed E-state index contributed by atoms with van der Waals surface area (Å²) in [5.41, 5.74) is 2.01. The maximum absolute atomic E-state index is 5.36. The zero-order valence-electron chi connectivity index (χ0n) is 11.9. The smallest absolute Gasteiger partial charge is 0.129 e. The zero-order chi connectivity index (χ0) is 14.4. The Morgan fingerprint density at radius 3 is 1.80 bits per heavy atom. The summed E-state index contributed by atoms with van der Waals surface area (Å²) in [6.45, 7) is 0. The van der Waals surface area contributed by atoms with E-state index < -0.39 is 0 Å². The first kappa shape index (κ1) is 14.0. The topological polar surface area (TPSA) is 27.7 Å². The van der Waals surface area contributed by atoms with Gasteiger partial charge >= 0.3 is 0 Å². The molecule has 0 aromatic heterocycles. The van der Waals surface area contributed by atoms with Crippen LogP contribution in [0.25, 0.3) is 12.2 Å². The number of benzene rings is 2. The highest BCUT2D eigenvalue weighted by Gasteiger charge is 2.05. The molecule has 3 heteroatoms. The highest BCUT2D eigenvalue weighted by Crippen LogP contribution is 2.30. The van der Waals surface area contributed by atoms with Gasteiger partial charge in [-0.2, -0.15) is 0 Å². The molecule has 0 saturated carbocycles. The van der Waals surface area contributed by atoms with E-state index in [9.17, 15) is 0 Å². The van der Waals surface area contributed by atoms with Crippen molar-refractivity contribution in [3.05, 3.63) is 53.6 Å². The van der Waals surface area contributed by atoms with Crippen LogP contribution in [0.5, 0.6) is 17.2 Å². The van der Waals surface area contributed by atoms with Gasteiger partial charge in [-0.25, -0.2) is 0 Å². The van der Waals surface area contributed by atoms with Crippen LogP contribution in [0.3, 0.4) is 0 Å². The number of rotatable bonds is 5. The van der Waals surface area contributed by atoms with Crippen LogP contribution >= 0.6 is 0 Å². The Kier molecular flexibility index (Phi) is 4.66. The first-order valence-corrected chi connectivity index (χ1v) is 6.31. The minimum absolute atomic E-state index is 0.786. The first-order valence-electron chi connectivity index (χ1n) is 6.31. The normalized spacial score (nSPS) is 10.6. The van der Waals surface area contributed by atoms with Gasteiger partial charge in [0.25, 0.3) is 0 Å². The van der Waals surface area contributed by atoms with Crippen molar-refractivity contribution in [1.29, 1.82) is 0 Å². The Balaban J connectivity index is 2.30. The van der Waals surface area contributed by atoms with Gasteiger partial charge in [0.1, 0.15) is 17.2 Å². The molecule has 0 amide bonds. The van der Waals surface area contributed by atoms with E-state index in [1.165, 1.54) is 0 Å². The summed E-state index contributed by atoms with van der Waals surface area (Å²) < 4.78 is 15.9. The van der Waals surface area contributed by atoms with Crippen molar-refractivity contribution < 1.29 is 14.2 Å². The second-order valence-electron chi connectivity index (χ2n) is 4.18. The summed E-state index contributed by atoms with van der Waals surface area (Å²) in [5, 5.41) is 0. The van der Waals surface area contributed by atoms with Gasteiger partial charge in [-0.15, -0.1) is 0 Å². The van der Waals surface area contributed by atoms with Gasteiger partial charge in [-0.3, -0.25) is 0 Å². The molecule has 20 heavy (non-hydrogen) atoms. The molecule has 2 aromatic rings. The summed E-state index contributed by atoms with van der Waals surface area (Å²) in [4.78, 5) is 0. The van der Waals surface area contributed by atoms with E-state index in [0.29, 0.717) is 0 Å². The summed E-state index contributed by atoms with van der Waals surface area (Å²) in [6, 6.07) is 13.6. The van der Waals surface area contributed by atoms with Crippen molar-refractivity contribution in [3.8, 4) is 17.2 Å². The maximum Gasteiger partial charge on any atom is 0.129 e. The van der Waals surface area contributed by atoms with Crippen LogP contribution in [-0.2, 0) is 0 Å². The fourth-order valence-electron chi connectivity index (χ4n) is 1.94. The van der Waals surface area contributed by atoms with Gasteiger partial charge in [-0.05, 0) is 35.9 Å². The molecule has 0 unspecified atom stereocenters. The minimum atomic E-state index is 0.786. The molecular weight excluding hydrogens is 252 g/mol. The molecule has 0 aliphatic heterocycles. The van der Waals surface area contributed by atoms with E-state index in [4.69, 9.17) is 14.2 Å². The van der Waals surface area contributed by atoms with E-state index in [1.807, 2.05) is 54.6 Å². The average Bonchev–Trinajstić information content (AvgIpc) is 2.52. The first-order chi connectivity index (χ1) is 9.78. The van der Waals surface area contributed by atoms with Crippen molar-refractivity contribution in [3.63, 3.8) is 0 Å². The predicted molar refractivity (Wildman–Crippen MR) is 81.5 cm³/mol.